The molecule has 0 bridgehead atoms. The van der Waals surface area contributed by atoms with Crippen LogP contribution in [-0.2, 0) is 4.79 Å². The number of carbonyl (C=O) groups is 1. The highest BCUT2D eigenvalue weighted by Crippen LogP contribution is 2.21. The minimum absolute atomic E-state index is 0.346. The number of amides is 1. The summed E-state index contributed by atoms with van der Waals surface area (Å²) in [5.74, 6) is -0.368. The zero-order chi connectivity index (χ0) is 17.8. The van der Waals surface area contributed by atoms with E-state index in [4.69, 9.17) is 11.6 Å². The van der Waals surface area contributed by atoms with Gasteiger partial charge in [0.1, 0.15) is 6.04 Å². The van der Waals surface area contributed by atoms with Crippen molar-refractivity contribution in [2.24, 2.45) is 0 Å². The number of halogens is 1. The van der Waals surface area contributed by atoms with Gasteiger partial charge in [0, 0.05) is 11.6 Å². The molecule has 1 N–H and O–H groups in total. The molecule has 1 heterocycles. The lowest BCUT2D eigenvalue weighted by Crippen LogP contribution is -2.33. The maximum absolute atomic E-state index is 12.5. The lowest BCUT2D eigenvalue weighted by atomic mass is 10.1. The van der Waals surface area contributed by atoms with Crippen molar-refractivity contribution in [2.45, 2.75) is 13.0 Å². The number of hydrogen-bond donors (Lipinski definition) is 1. The number of nitrogens with zero attached hydrogens (tertiary/aromatic N) is 2. The van der Waals surface area contributed by atoms with Crippen molar-refractivity contribution >= 4 is 23.2 Å². The van der Waals surface area contributed by atoms with Gasteiger partial charge in [-0.05, 0) is 25.1 Å². The largest absolute Gasteiger partial charge is 0.323 e. The number of nitrogens with one attached hydrogen (secondary N) is 1. The SMILES string of the molecule is C[C@H](C(=O)Nc1ccccc1Cl)n1nc(-c2ccccc2)ccc1=O. The van der Waals surface area contributed by atoms with E-state index >= 15 is 0 Å². The van der Waals surface area contributed by atoms with Crippen LogP contribution in [0, 0.1) is 0 Å². The minimum atomic E-state index is -0.785. The molecule has 0 saturated heterocycles. The van der Waals surface area contributed by atoms with Crippen LogP contribution in [0.3, 0.4) is 0 Å². The van der Waals surface area contributed by atoms with Crippen molar-refractivity contribution in [1.29, 1.82) is 0 Å². The summed E-state index contributed by atoms with van der Waals surface area (Å²) >= 11 is 6.06. The van der Waals surface area contributed by atoms with Gasteiger partial charge in [0.15, 0.2) is 0 Å². The number of rotatable bonds is 4. The summed E-state index contributed by atoms with van der Waals surface area (Å²) in [6, 6.07) is 18.7. The number of benzene rings is 2. The van der Waals surface area contributed by atoms with Crippen molar-refractivity contribution in [3.63, 3.8) is 0 Å². The second-order valence-electron chi connectivity index (χ2n) is 5.51. The van der Waals surface area contributed by atoms with Crippen LogP contribution >= 0.6 is 11.6 Å². The van der Waals surface area contributed by atoms with Gasteiger partial charge in [0.25, 0.3) is 5.56 Å². The van der Waals surface area contributed by atoms with E-state index in [2.05, 4.69) is 10.4 Å². The minimum Gasteiger partial charge on any atom is -0.323 e. The van der Waals surface area contributed by atoms with Crippen LogP contribution in [0.15, 0.2) is 71.5 Å². The Hall–Kier alpha value is -2.92. The first-order valence-electron chi connectivity index (χ1n) is 7.77. The summed E-state index contributed by atoms with van der Waals surface area (Å²) in [5, 5.41) is 7.49. The molecule has 0 aliphatic heterocycles. The van der Waals surface area contributed by atoms with Crippen LogP contribution in [0.25, 0.3) is 11.3 Å². The molecular weight excluding hydrogens is 338 g/mol. The highest BCUT2D eigenvalue weighted by molar-refractivity contribution is 6.33. The van der Waals surface area contributed by atoms with Gasteiger partial charge in [-0.1, -0.05) is 54.1 Å². The van der Waals surface area contributed by atoms with Gasteiger partial charge in [0.05, 0.1) is 16.4 Å². The van der Waals surface area contributed by atoms with E-state index in [1.54, 1.807) is 37.3 Å². The fourth-order valence-corrected chi connectivity index (χ4v) is 2.56. The highest BCUT2D eigenvalue weighted by Gasteiger charge is 2.19. The van der Waals surface area contributed by atoms with Crippen molar-refractivity contribution < 1.29 is 4.79 Å². The fraction of sp³-hybridized carbons (Fsp3) is 0.105. The molecule has 0 saturated carbocycles. The first-order chi connectivity index (χ1) is 12.1. The summed E-state index contributed by atoms with van der Waals surface area (Å²) in [5.41, 5.74) is 1.64. The Morgan fingerprint density at radius 2 is 1.72 bits per heavy atom. The Kier molecular flexibility index (Phi) is 4.95. The van der Waals surface area contributed by atoms with E-state index in [9.17, 15) is 9.59 Å². The van der Waals surface area contributed by atoms with Crippen molar-refractivity contribution in [1.82, 2.24) is 9.78 Å². The van der Waals surface area contributed by atoms with Gasteiger partial charge in [-0.2, -0.15) is 5.10 Å². The molecule has 1 atom stereocenters. The molecule has 0 unspecified atom stereocenters. The van der Waals surface area contributed by atoms with E-state index in [1.165, 1.54) is 10.7 Å². The lowest BCUT2D eigenvalue weighted by molar-refractivity contribution is -0.119. The number of anilines is 1. The number of para-hydroxylation sites is 1. The summed E-state index contributed by atoms with van der Waals surface area (Å²) in [7, 11) is 0. The topological polar surface area (TPSA) is 64.0 Å². The predicted octanol–water partition coefficient (Wildman–Crippen LogP) is 3.76. The lowest BCUT2D eigenvalue weighted by Gasteiger charge is -2.15. The van der Waals surface area contributed by atoms with Gasteiger partial charge in [-0.15, -0.1) is 0 Å². The molecular formula is C19H16ClN3O2. The third-order valence-corrected chi connectivity index (χ3v) is 4.10. The van der Waals surface area contributed by atoms with Crippen LogP contribution in [0.4, 0.5) is 5.69 Å². The van der Waals surface area contributed by atoms with Crippen LogP contribution in [0.1, 0.15) is 13.0 Å². The van der Waals surface area contributed by atoms with E-state index in [1.807, 2.05) is 30.3 Å². The summed E-state index contributed by atoms with van der Waals surface area (Å²) in [6.45, 7) is 1.62. The maximum atomic E-state index is 12.5. The predicted molar refractivity (Wildman–Crippen MR) is 98.7 cm³/mol. The van der Waals surface area contributed by atoms with Gasteiger partial charge in [-0.3, -0.25) is 9.59 Å². The van der Waals surface area contributed by atoms with Crippen molar-refractivity contribution in [3.8, 4) is 11.3 Å². The van der Waals surface area contributed by atoms with Gasteiger partial charge < -0.3 is 5.32 Å². The smallest absolute Gasteiger partial charge is 0.267 e. The molecule has 0 fully saturated rings. The zero-order valence-corrected chi connectivity index (χ0v) is 14.3. The average Bonchev–Trinajstić information content (AvgIpc) is 2.64. The molecule has 2 aromatic carbocycles. The van der Waals surface area contributed by atoms with Crippen LogP contribution in [0.2, 0.25) is 5.02 Å². The van der Waals surface area contributed by atoms with E-state index in [0.29, 0.717) is 16.4 Å². The third-order valence-electron chi connectivity index (χ3n) is 3.77. The maximum Gasteiger partial charge on any atom is 0.267 e. The molecule has 0 aliphatic carbocycles. The van der Waals surface area contributed by atoms with Crippen LogP contribution in [0.5, 0.6) is 0 Å². The molecule has 3 aromatic rings. The van der Waals surface area contributed by atoms with Crippen LogP contribution in [-0.4, -0.2) is 15.7 Å². The Labute approximate surface area is 149 Å². The fourth-order valence-electron chi connectivity index (χ4n) is 2.38. The number of hydrogen-bond acceptors (Lipinski definition) is 3. The molecule has 5 nitrogen and oxygen atoms in total. The van der Waals surface area contributed by atoms with Gasteiger partial charge in [-0.25, -0.2) is 4.68 Å². The van der Waals surface area contributed by atoms with E-state index < -0.39 is 6.04 Å². The van der Waals surface area contributed by atoms with E-state index in [0.717, 1.165) is 5.56 Å². The van der Waals surface area contributed by atoms with E-state index in [-0.39, 0.29) is 11.5 Å². The molecule has 0 radical (unpaired) electrons. The molecule has 1 aromatic heterocycles. The molecule has 25 heavy (non-hydrogen) atoms. The monoisotopic (exact) mass is 353 g/mol. The quantitative estimate of drug-likeness (QED) is 0.776. The highest BCUT2D eigenvalue weighted by atomic mass is 35.5. The summed E-state index contributed by atoms with van der Waals surface area (Å²) < 4.78 is 1.18. The van der Waals surface area contributed by atoms with Gasteiger partial charge >= 0.3 is 0 Å². The average molecular weight is 354 g/mol. The Morgan fingerprint density at radius 3 is 2.44 bits per heavy atom. The van der Waals surface area contributed by atoms with Gasteiger partial charge in [0.2, 0.25) is 5.91 Å². The first kappa shape index (κ1) is 16.9. The Balaban J connectivity index is 1.89. The first-order valence-corrected chi connectivity index (χ1v) is 8.15. The summed E-state index contributed by atoms with van der Waals surface area (Å²) in [4.78, 5) is 24.7. The molecule has 0 spiro atoms. The summed E-state index contributed by atoms with van der Waals surface area (Å²) in [6.07, 6.45) is 0. The third kappa shape index (κ3) is 3.78. The second-order valence-corrected chi connectivity index (χ2v) is 5.92. The number of aromatic nitrogens is 2. The Bertz CT molecular complexity index is 954. The zero-order valence-electron chi connectivity index (χ0n) is 13.5. The molecule has 1 amide bonds. The van der Waals surface area contributed by atoms with Crippen molar-refractivity contribution in [2.75, 3.05) is 5.32 Å². The second kappa shape index (κ2) is 7.32. The molecule has 126 valence electrons. The normalized spacial score (nSPS) is 11.8. The Morgan fingerprint density at radius 1 is 1.04 bits per heavy atom. The molecule has 0 aliphatic rings. The van der Waals surface area contributed by atoms with Crippen LogP contribution < -0.4 is 10.9 Å². The van der Waals surface area contributed by atoms with Crippen molar-refractivity contribution in [3.05, 3.63) is 82.1 Å². The molecule has 3 rings (SSSR count). The molecule has 6 heteroatoms. The standard InChI is InChI=1S/C19H16ClN3O2/c1-13(19(25)21-17-10-6-5-9-15(17)20)23-18(24)12-11-16(22-23)14-7-3-2-4-8-14/h2-13H,1H3,(H,21,25)/t13-/m1/s1. The number of carbonyl (C=O) groups excluding carboxylic acids is 1.